The third-order valence-corrected chi connectivity index (χ3v) is 2.97. The Bertz CT molecular complexity index is 841. The summed E-state index contributed by atoms with van der Waals surface area (Å²) < 4.78 is 45.1. The number of carbonyl (C=O) groups is 1. The molecule has 5 nitrogen and oxygen atoms in total. The zero-order valence-corrected chi connectivity index (χ0v) is 11.4. The molecule has 0 amide bonds. The van der Waals surface area contributed by atoms with Crippen LogP contribution in [0.3, 0.4) is 0 Å². The number of halogens is 3. The number of fused-ring (bicyclic) bond motifs is 1. The quantitative estimate of drug-likeness (QED) is 0.590. The van der Waals surface area contributed by atoms with Gasteiger partial charge in [-0.2, -0.15) is 5.10 Å². The number of ether oxygens (including phenoxy) is 2. The maximum Gasteiger partial charge on any atom is 0.573 e. The second kappa shape index (κ2) is 5.64. The number of nitrogens with zero attached hydrogens (tertiary/aromatic N) is 1. The van der Waals surface area contributed by atoms with E-state index in [9.17, 15) is 18.0 Å². The summed E-state index contributed by atoms with van der Waals surface area (Å²) >= 11 is 0. The molecule has 0 aliphatic carbocycles. The first-order valence-electron chi connectivity index (χ1n) is 6.42. The van der Waals surface area contributed by atoms with Gasteiger partial charge in [0, 0.05) is 5.39 Å². The molecule has 0 saturated carbocycles. The van der Waals surface area contributed by atoms with Crippen LogP contribution < -0.4 is 9.47 Å². The molecule has 0 unspecified atom stereocenters. The summed E-state index contributed by atoms with van der Waals surface area (Å²) in [7, 11) is 0. The van der Waals surface area contributed by atoms with Crippen molar-refractivity contribution in [1.29, 1.82) is 0 Å². The fraction of sp³-hybridized carbons (Fsp3) is 0.0667. The molecule has 0 spiro atoms. The summed E-state index contributed by atoms with van der Waals surface area (Å²) in [4.78, 5) is 12.2. The number of hydrogen-bond acceptors (Lipinski definition) is 4. The molecule has 0 fully saturated rings. The average Bonchev–Trinajstić information content (AvgIpc) is 2.96. The lowest BCUT2D eigenvalue weighted by Gasteiger charge is -2.09. The Morgan fingerprint density at radius 2 is 1.74 bits per heavy atom. The molecule has 0 saturated heterocycles. The number of rotatable bonds is 3. The van der Waals surface area contributed by atoms with Crippen molar-refractivity contribution in [2.75, 3.05) is 0 Å². The van der Waals surface area contributed by atoms with E-state index in [1.165, 1.54) is 18.3 Å². The number of aromatic nitrogens is 2. The van der Waals surface area contributed by atoms with Crippen molar-refractivity contribution >= 4 is 16.9 Å². The van der Waals surface area contributed by atoms with Crippen molar-refractivity contribution in [2.24, 2.45) is 0 Å². The SMILES string of the molecule is O=C(Oc1ccc(OC(F)(F)F)cc1)c1cccc2[nH]ncc12. The van der Waals surface area contributed by atoms with Crippen molar-refractivity contribution in [1.82, 2.24) is 10.2 Å². The van der Waals surface area contributed by atoms with Crippen LogP contribution in [0, 0.1) is 0 Å². The first-order chi connectivity index (χ1) is 10.9. The number of benzene rings is 2. The Hall–Kier alpha value is -3.03. The lowest BCUT2D eigenvalue weighted by molar-refractivity contribution is -0.274. The molecule has 3 aromatic rings. The van der Waals surface area contributed by atoms with Crippen LogP contribution in [-0.2, 0) is 0 Å². The van der Waals surface area contributed by atoms with Crippen LogP contribution >= 0.6 is 0 Å². The highest BCUT2D eigenvalue weighted by Gasteiger charge is 2.31. The smallest absolute Gasteiger partial charge is 0.423 e. The molecule has 8 heteroatoms. The van der Waals surface area contributed by atoms with E-state index in [-0.39, 0.29) is 5.75 Å². The van der Waals surface area contributed by atoms with Crippen molar-refractivity contribution < 1.29 is 27.4 Å². The summed E-state index contributed by atoms with van der Waals surface area (Å²) in [6, 6.07) is 9.55. The van der Waals surface area contributed by atoms with Gasteiger partial charge in [-0.3, -0.25) is 5.10 Å². The summed E-state index contributed by atoms with van der Waals surface area (Å²) in [5.74, 6) is -0.930. The molecule has 118 valence electrons. The third-order valence-electron chi connectivity index (χ3n) is 2.97. The fourth-order valence-corrected chi connectivity index (χ4v) is 2.02. The second-order valence-corrected chi connectivity index (χ2v) is 4.55. The molecule has 3 rings (SSSR count). The van der Waals surface area contributed by atoms with Crippen LogP contribution in [-0.4, -0.2) is 22.5 Å². The van der Waals surface area contributed by atoms with Gasteiger partial charge < -0.3 is 9.47 Å². The van der Waals surface area contributed by atoms with Crippen LogP contribution in [0.5, 0.6) is 11.5 Å². The molecule has 0 bridgehead atoms. The van der Waals surface area contributed by atoms with Gasteiger partial charge in [0.05, 0.1) is 17.3 Å². The van der Waals surface area contributed by atoms with Crippen molar-refractivity contribution in [3.8, 4) is 11.5 Å². The molecule has 1 N–H and O–H groups in total. The Morgan fingerprint density at radius 1 is 1.04 bits per heavy atom. The molecular formula is C15H9F3N2O3. The summed E-state index contributed by atoms with van der Waals surface area (Å²) in [6.45, 7) is 0. The standard InChI is InChI=1S/C15H9F3N2O3/c16-15(17,18)23-10-6-4-9(5-7-10)22-14(21)11-2-1-3-13-12(11)8-19-20-13/h1-8H,(H,19,20). The first kappa shape index (κ1) is 14.9. The second-order valence-electron chi connectivity index (χ2n) is 4.55. The van der Waals surface area contributed by atoms with Gasteiger partial charge in [0.25, 0.3) is 0 Å². The van der Waals surface area contributed by atoms with Gasteiger partial charge in [-0.05, 0) is 36.4 Å². The Labute approximate surface area is 127 Å². The lowest BCUT2D eigenvalue weighted by atomic mass is 10.1. The predicted molar refractivity (Wildman–Crippen MR) is 74.2 cm³/mol. The van der Waals surface area contributed by atoms with E-state index in [0.717, 1.165) is 12.1 Å². The summed E-state index contributed by atoms with van der Waals surface area (Å²) in [5, 5.41) is 7.16. The van der Waals surface area contributed by atoms with Gasteiger partial charge in [0.2, 0.25) is 0 Å². The van der Waals surface area contributed by atoms with Crippen LogP contribution in [0.2, 0.25) is 0 Å². The molecule has 1 aromatic heterocycles. The van der Waals surface area contributed by atoms with Gasteiger partial charge >= 0.3 is 12.3 Å². The minimum atomic E-state index is -4.77. The van der Waals surface area contributed by atoms with Gasteiger partial charge in [-0.1, -0.05) is 6.07 Å². The largest absolute Gasteiger partial charge is 0.573 e. The van der Waals surface area contributed by atoms with E-state index in [1.54, 1.807) is 18.2 Å². The van der Waals surface area contributed by atoms with Gasteiger partial charge in [-0.25, -0.2) is 4.79 Å². The van der Waals surface area contributed by atoms with E-state index in [2.05, 4.69) is 14.9 Å². The Balaban J connectivity index is 1.77. The first-order valence-corrected chi connectivity index (χ1v) is 6.42. The molecule has 23 heavy (non-hydrogen) atoms. The van der Waals surface area contributed by atoms with Crippen molar-refractivity contribution in [2.45, 2.75) is 6.36 Å². The minimum absolute atomic E-state index is 0.102. The summed E-state index contributed by atoms with van der Waals surface area (Å²) in [5.41, 5.74) is 0.972. The van der Waals surface area contributed by atoms with E-state index < -0.39 is 18.1 Å². The molecule has 1 heterocycles. The normalized spacial score (nSPS) is 11.4. The number of carbonyl (C=O) groups excluding carboxylic acids is 1. The molecule has 2 aromatic carbocycles. The fourth-order valence-electron chi connectivity index (χ4n) is 2.02. The van der Waals surface area contributed by atoms with E-state index in [1.807, 2.05) is 0 Å². The molecule has 0 aliphatic heterocycles. The van der Waals surface area contributed by atoms with Crippen LogP contribution in [0.1, 0.15) is 10.4 Å². The molecule has 0 atom stereocenters. The highest BCUT2D eigenvalue weighted by Crippen LogP contribution is 2.25. The predicted octanol–water partition coefficient (Wildman–Crippen LogP) is 3.68. The third kappa shape index (κ3) is 3.42. The van der Waals surface area contributed by atoms with E-state index >= 15 is 0 Å². The van der Waals surface area contributed by atoms with E-state index in [0.29, 0.717) is 16.5 Å². The van der Waals surface area contributed by atoms with Gasteiger partial charge in [0.1, 0.15) is 11.5 Å². The van der Waals surface area contributed by atoms with Gasteiger partial charge in [0.15, 0.2) is 0 Å². The Kier molecular flexibility index (Phi) is 3.65. The number of hydrogen-bond donors (Lipinski definition) is 1. The van der Waals surface area contributed by atoms with Crippen LogP contribution in [0.15, 0.2) is 48.7 Å². The van der Waals surface area contributed by atoms with Crippen LogP contribution in [0.25, 0.3) is 10.9 Å². The zero-order valence-electron chi connectivity index (χ0n) is 11.4. The Morgan fingerprint density at radius 3 is 2.43 bits per heavy atom. The average molecular weight is 322 g/mol. The minimum Gasteiger partial charge on any atom is -0.423 e. The number of H-pyrrole nitrogens is 1. The monoisotopic (exact) mass is 322 g/mol. The highest BCUT2D eigenvalue weighted by atomic mass is 19.4. The summed E-state index contributed by atoms with van der Waals surface area (Å²) in [6.07, 6.45) is -3.28. The molecule has 0 radical (unpaired) electrons. The van der Waals surface area contributed by atoms with Crippen molar-refractivity contribution in [3.05, 3.63) is 54.2 Å². The highest BCUT2D eigenvalue weighted by molar-refractivity contribution is 6.04. The lowest BCUT2D eigenvalue weighted by Crippen LogP contribution is -2.17. The number of alkyl halides is 3. The number of nitrogens with one attached hydrogen (secondary N) is 1. The van der Waals surface area contributed by atoms with Crippen LogP contribution in [0.4, 0.5) is 13.2 Å². The number of aromatic amines is 1. The van der Waals surface area contributed by atoms with Crippen molar-refractivity contribution in [3.63, 3.8) is 0 Å². The molecular weight excluding hydrogens is 313 g/mol. The topological polar surface area (TPSA) is 64.2 Å². The molecule has 0 aliphatic rings. The van der Waals surface area contributed by atoms with Gasteiger partial charge in [-0.15, -0.1) is 13.2 Å². The maximum atomic E-state index is 12.2. The van der Waals surface area contributed by atoms with E-state index in [4.69, 9.17) is 4.74 Å². The maximum absolute atomic E-state index is 12.2. The zero-order chi connectivity index (χ0) is 16.4. The number of esters is 1.